The molecule has 0 amide bonds. The van der Waals surface area contributed by atoms with Crippen molar-refractivity contribution in [2.75, 3.05) is 191 Å². The van der Waals surface area contributed by atoms with Crippen LogP contribution in [-0.4, -0.2) is 292 Å². The Balaban J connectivity index is 0.000000159. The van der Waals surface area contributed by atoms with E-state index < -0.39 is 12.7 Å². The van der Waals surface area contributed by atoms with Gasteiger partial charge < -0.3 is 53.4 Å². The molecule has 12 heterocycles. The van der Waals surface area contributed by atoms with E-state index in [1.165, 1.54) is 55.1 Å². The van der Waals surface area contributed by atoms with Crippen LogP contribution in [0.25, 0.3) is 43.6 Å². The first-order chi connectivity index (χ1) is 68.4. The lowest BCUT2D eigenvalue weighted by Crippen LogP contribution is -2.48. The van der Waals surface area contributed by atoms with Crippen molar-refractivity contribution in [3.8, 4) is 0 Å². The Kier molecular flexibility index (Phi) is 41.0. The van der Waals surface area contributed by atoms with Gasteiger partial charge in [0.25, 0.3) is 6.01 Å². The van der Waals surface area contributed by atoms with E-state index in [1.54, 1.807) is 20.4 Å². The van der Waals surface area contributed by atoms with E-state index in [4.69, 9.17) is 13.9 Å². The summed E-state index contributed by atoms with van der Waals surface area (Å²) in [6.07, 6.45) is 14.1. The largest absolute Gasteiger partial charge is 0.522 e. The number of oxazole rings is 1. The van der Waals surface area contributed by atoms with Gasteiger partial charge in [-0.25, -0.2) is 4.98 Å². The topological polar surface area (TPSA) is 329 Å². The monoisotopic (exact) mass is 1990 g/mol. The number of alkyl halides is 6. The number of hydrogen-bond donors (Lipinski definition) is 6. The molecular formula is C105H145F6N21O9S. The number of aromatic amines is 6. The summed E-state index contributed by atoms with van der Waals surface area (Å²) in [4.78, 5) is 96.4. The van der Waals surface area contributed by atoms with Gasteiger partial charge in [0, 0.05) is 239 Å². The second kappa shape index (κ2) is 53.7. The Bertz CT molecular complexity index is 5460. The van der Waals surface area contributed by atoms with E-state index in [2.05, 4.69) is 229 Å². The average molecular weight is 1990 g/mol. The smallest absolute Gasteiger partial charge is 0.420 e. The number of methoxy groups -OCH3 is 2. The lowest BCUT2D eigenvalue weighted by molar-refractivity contribution is -0.325. The van der Waals surface area contributed by atoms with E-state index in [9.17, 15) is 45.5 Å². The quantitative estimate of drug-likeness (QED) is 0.0152. The minimum Gasteiger partial charge on any atom is -0.420 e. The van der Waals surface area contributed by atoms with Crippen LogP contribution in [0.1, 0.15) is 196 Å². The number of fused-ring (bicyclic) bond motifs is 4. The third-order valence-electron chi connectivity index (χ3n) is 27.3. The fourth-order valence-electron chi connectivity index (χ4n) is 19.0. The second-order valence-electron chi connectivity index (χ2n) is 39.9. The Labute approximate surface area is 832 Å². The third kappa shape index (κ3) is 33.7. The number of carbonyl (C=O) groups is 4. The van der Waals surface area contributed by atoms with E-state index in [1.807, 2.05) is 62.2 Å². The standard InChI is InChI=1S/C27H38N4O3.C26H35F3N6O2.C26H34F3N5O2S.C26H38N6O2/c1-20(2)8-9-21(16-22-18-28-24-7-5-4-6-23(22)24)17-25(32)26-19-29-27(34-26)31-12-10-30(11-13-31)14-15-33-3;1-18(2)7-8-19(15-20-17-30-22-6-4-3-5-21(20)22)16-23(36)24-31-25(33-32-24)35-11-9-34(10-12-35)13-14-37-26(27,28)29;1-18(2)7-8-19(15-20-17-30-22-6-4-3-5-21(20)22)16-23(35)24-31-32-25(37-24)34-11-9-33(10-12-34)13-14-36-26(27,28)29;1-19(2)8-9-20(16-21-18-27-23-7-5-4-6-22(21)23)17-24(33)25-28-26(30-29-25)32-12-10-31(11-13-32)14-15-34-3/h4-7,18-21,28H,8-17H2,1-3H3;3-6,17-19,30H,7-16H2,1-2H3,(H,31,32,33);3-6,17-19,30H,7-16H2,1-2H3;4-7,18-20,27H,8-17H2,1-3H3,(H,28,29,30). The van der Waals surface area contributed by atoms with Crippen molar-refractivity contribution in [1.82, 2.24) is 85.1 Å². The maximum atomic E-state index is 13.2. The number of ether oxygens (including phenoxy) is 4. The van der Waals surface area contributed by atoms with Gasteiger partial charge in [0.05, 0.1) is 32.6 Å². The number of benzene rings is 4. The number of hydrogen-bond acceptors (Lipinski definition) is 25. The highest BCUT2D eigenvalue weighted by Gasteiger charge is 2.35. The minimum absolute atomic E-state index is 0.0142. The van der Waals surface area contributed by atoms with Gasteiger partial charge in [0.15, 0.2) is 45.5 Å². The fraction of sp³-hybridized carbons (Fsp3) is 0.571. The molecule has 0 radical (unpaired) electrons. The van der Waals surface area contributed by atoms with Gasteiger partial charge in [0.2, 0.25) is 17.0 Å². The van der Waals surface area contributed by atoms with Crippen molar-refractivity contribution in [2.24, 2.45) is 47.3 Å². The Morgan fingerprint density at radius 3 is 1.03 bits per heavy atom. The maximum Gasteiger partial charge on any atom is 0.522 e. The molecule has 4 unspecified atom stereocenters. The van der Waals surface area contributed by atoms with Crippen molar-refractivity contribution in [1.29, 1.82) is 0 Å². The van der Waals surface area contributed by atoms with Gasteiger partial charge in [0.1, 0.15) is 0 Å². The molecule has 0 bridgehead atoms. The number of H-pyrrole nitrogens is 6. The fourth-order valence-corrected chi connectivity index (χ4v) is 19.8. The molecule has 30 nitrogen and oxygen atoms in total. The number of ketones is 4. The predicted molar refractivity (Wildman–Crippen MR) is 546 cm³/mol. The molecule has 4 atom stereocenters. The van der Waals surface area contributed by atoms with Crippen LogP contribution in [0, 0.1) is 47.3 Å². The number of piperazine rings is 4. The second-order valence-corrected chi connectivity index (χ2v) is 40.8. The molecule has 4 aromatic carbocycles. The zero-order chi connectivity index (χ0) is 101. The van der Waals surface area contributed by atoms with Gasteiger partial charge in [-0.1, -0.05) is 165 Å². The summed E-state index contributed by atoms with van der Waals surface area (Å²) in [6, 6.07) is 33.7. The number of aromatic nitrogens is 13. The molecule has 8 aromatic heterocycles. The summed E-state index contributed by atoms with van der Waals surface area (Å²) in [5.41, 5.74) is 9.50. The van der Waals surface area contributed by atoms with Crippen molar-refractivity contribution < 1.29 is 68.9 Å². The van der Waals surface area contributed by atoms with Crippen LogP contribution in [-0.2, 0) is 44.6 Å². The number of nitrogens with zero attached hydrogens (tertiary/aromatic N) is 15. The van der Waals surface area contributed by atoms with E-state index in [0.717, 1.165) is 178 Å². The van der Waals surface area contributed by atoms with Crippen LogP contribution < -0.4 is 19.6 Å². The van der Waals surface area contributed by atoms with Crippen molar-refractivity contribution in [3.63, 3.8) is 0 Å². The zero-order valence-corrected chi connectivity index (χ0v) is 84.9. The van der Waals surface area contributed by atoms with Gasteiger partial charge >= 0.3 is 12.7 Å². The van der Waals surface area contributed by atoms with Gasteiger partial charge in [-0.2, -0.15) is 9.97 Å². The van der Waals surface area contributed by atoms with E-state index >= 15 is 0 Å². The summed E-state index contributed by atoms with van der Waals surface area (Å²) in [6.45, 7) is 32.6. The summed E-state index contributed by atoms with van der Waals surface area (Å²) in [7, 11) is 3.46. The van der Waals surface area contributed by atoms with E-state index in [0.29, 0.717) is 141 Å². The van der Waals surface area contributed by atoms with E-state index in [-0.39, 0.29) is 78.9 Å². The molecule has 142 heavy (non-hydrogen) atoms. The predicted octanol–water partition coefficient (Wildman–Crippen LogP) is 19.1. The molecule has 12 aromatic rings. The lowest BCUT2D eigenvalue weighted by Gasteiger charge is -2.34. The Morgan fingerprint density at radius 1 is 0.387 bits per heavy atom. The molecule has 772 valence electrons. The van der Waals surface area contributed by atoms with Gasteiger partial charge in [-0.05, 0) is 145 Å². The summed E-state index contributed by atoms with van der Waals surface area (Å²) >= 11 is 1.30. The average Bonchev–Trinajstić information content (AvgIpc) is 1.33. The number of para-hydroxylation sites is 4. The van der Waals surface area contributed by atoms with Gasteiger partial charge in [-0.3, -0.25) is 58.4 Å². The molecule has 0 saturated carbocycles. The van der Waals surface area contributed by atoms with Crippen LogP contribution in [0.15, 0.2) is 132 Å². The molecule has 0 spiro atoms. The molecule has 4 aliphatic heterocycles. The summed E-state index contributed by atoms with van der Waals surface area (Å²) in [5.74, 6) is 5.42. The maximum absolute atomic E-state index is 13.2. The number of nitrogens with one attached hydrogen (secondary N) is 6. The van der Waals surface area contributed by atoms with Gasteiger partial charge in [-0.15, -0.1) is 46.7 Å². The van der Waals surface area contributed by atoms with Crippen molar-refractivity contribution in [2.45, 2.75) is 171 Å². The molecule has 37 heteroatoms. The molecule has 6 N–H and O–H groups in total. The Hall–Kier alpha value is -10.8. The first-order valence-corrected chi connectivity index (χ1v) is 51.5. The molecule has 4 aliphatic rings. The number of halogens is 6. The number of Topliss-reactive ketones (excluding diaryl/α,β-unsaturated/α-hetero) is 4. The molecular weight excluding hydrogens is 1850 g/mol. The van der Waals surface area contributed by atoms with Crippen LogP contribution in [0.3, 0.4) is 0 Å². The summed E-state index contributed by atoms with van der Waals surface area (Å²) < 4.78 is 97.1. The zero-order valence-electron chi connectivity index (χ0n) is 84.1. The third-order valence-corrected chi connectivity index (χ3v) is 28.3. The molecule has 4 fully saturated rings. The van der Waals surface area contributed by atoms with Crippen LogP contribution in [0.4, 0.5) is 49.4 Å². The first kappa shape index (κ1) is 108. The Morgan fingerprint density at radius 2 is 0.697 bits per heavy atom. The lowest BCUT2D eigenvalue weighted by atomic mass is 9.87. The SMILES string of the molecule is CC(C)CCC(CC(=O)c1nc(N2CCN(CCOC(F)(F)F)CC2)n[nH]1)Cc1c[nH]c2ccccc12.CC(C)CCC(CC(=O)c1nnc(N2CCN(CCOC(F)(F)F)CC2)s1)Cc1c[nH]c2ccccc12.COCCN1CCN(c2n[nH]c(C(=O)CC(CCC(C)C)Cc3c[nH]c4ccccc34)n2)CC1.COCCN1CCN(c2ncc(C(=O)CC(CCC(C)C)Cc3c[nH]c4ccccc34)o2)CC1. The van der Waals surface area contributed by atoms with Crippen molar-refractivity contribution >= 4 is 101 Å². The highest BCUT2D eigenvalue weighted by atomic mass is 32.1. The normalized spacial score (nSPS) is 16.0. The molecule has 4 saturated heterocycles. The van der Waals surface area contributed by atoms with Crippen LogP contribution >= 0.6 is 11.3 Å². The number of rotatable bonds is 48. The van der Waals surface area contributed by atoms with Crippen LogP contribution in [0.5, 0.6) is 0 Å². The summed E-state index contributed by atoms with van der Waals surface area (Å²) in [5, 5.41) is 28.8. The minimum atomic E-state index is -4.60. The van der Waals surface area contributed by atoms with Crippen molar-refractivity contribution in [3.05, 3.63) is 173 Å². The highest BCUT2D eigenvalue weighted by Crippen LogP contribution is 2.35. The highest BCUT2D eigenvalue weighted by molar-refractivity contribution is 7.17. The van der Waals surface area contributed by atoms with Crippen LogP contribution in [0.2, 0.25) is 0 Å². The number of anilines is 4. The number of carbonyl (C=O) groups excluding carboxylic acids is 4. The first-order valence-electron chi connectivity index (χ1n) is 50.7. The molecule has 0 aliphatic carbocycles. The molecule has 16 rings (SSSR count).